The van der Waals surface area contributed by atoms with Gasteiger partial charge in [-0.05, 0) is 28.8 Å². The highest BCUT2D eigenvalue weighted by atomic mass is 16.1. The van der Waals surface area contributed by atoms with Crippen LogP contribution >= 0.6 is 0 Å². The summed E-state index contributed by atoms with van der Waals surface area (Å²) in [6.07, 6.45) is 4.75. The number of benzene rings is 2. The van der Waals surface area contributed by atoms with Gasteiger partial charge in [0, 0.05) is 5.92 Å². The first-order chi connectivity index (χ1) is 9.22. The Labute approximate surface area is 111 Å². The first-order valence-corrected chi connectivity index (χ1v) is 6.38. The molecule has 0 fully saturated rings. The lowest BCUT2D eigenvalue weighted by atomic mass is 9.78. The van der Waals surface area contributed by atoms with Crippen molar-refractivity contribution in [2.24, 2.45) is 5.92 Å². The standard InChI is InChI=1S/C17H14O2/c1-11(19)16(10-18)14-9-8-13-5-2-4-12-6-3-7-15(14)17(12)13/h2-10,14,16H,1H3. The van der Waals surface area contributed by atoms with E-state index in [0.717, 1.165) is 28.2 Å². The summed E-state index contributed by atoms with van der Waals surface area (Å²) in [5.74, 6) is -0.815. The molecule has 2 aromatic rings. The van der Waals surface area contributed by atoms with Crippen molar-refractivity contribution in [3.8, 4) is 0 Å². The predicted octanol–water partition coefficient (Wildman–Crippen LogP) is 3.35. The van der Waals surface area contributed by atoms with Gasteiger partial charge < -0.3 is 4.79 Å². The topological polar surface area (TPSA) is 34.1 Å². The van der Waals surface area contributed by atoms with Crippen molar-refractivity contribution < 1.29 is 9.59 Å². The molecule has 2 heteroatoms. The maximum Gasteiger partial charge on any atom is 0.140 e. The second-order valence-corrected chi connectivity index (χ2v) is 4.95. The summed E-state index contributed by atoms with van der Waals surface area (Å²) < 4.78 is 0. The Hall–Kier alpha value is -2.22. The molecule has 1 aliphatic carbocycles. The second-order valence-electron chi connectivity index (χ2n) is 4.95. The van der Waals surface area contributed by atoms with E-state index >= 15 is 0 Å². The van der Waals surface area contributed by atoms with E-state index in [1.165, 1.54) is 6.92 Å². The third kappa shape index (κ3) is 1.80. The smallest absolute Gasteiger partial charge is 0.140 e. The van der Waals surface area contributed by atoms with E-state index in [4.69, 9.17) is 0 Å². The van der Waals surface area contributed by atoms with Gasteiger partial charge in [0.05, 0.1) is 5.92 Å². The van der Waals surface area contributed by atoms with Crippen LogP contribution in [0, 0.1) is 5.92 Å². The van der Waals surface area contributed by atoms with Crippen LogP contribution < -0.4 is 0 Å². The quantitative estimate of drug-likeness (QED) is 0.618. The maximum absolute atomic E-state index is 11.6. The zero-order valence-corrected chi connectivity index (χ0v) is 10.7. The normalized spacial score (nSPS) is 18.3. The number of carbonyl (C=O) groups is 2. The van der Waals surface area contributed by atoms with E-state index in [1.54, 1.807) is 0 Å². The lowest BCUT2D eigenvalue weighted by molar-refractivity contribution is -0.126. The number of ketones is 1. The molecule has 19 heavy (non-hydrogen) atoms. The number of carbonyl (C=O) groups excluding carboxylic acids is 2. The molecule has 0 amide bonds. The fourth-order valence-electron chi connectivity index (χ4n) is 2.87. The zero-order valence-electron chi connectivity index (χ0n) is 10.7. The summed E-state index contributed by atoms with van der Waals surface area (Å²) in [5, 5.41) is 2.31. The first kappa shape index (κ1) is 11.8. The van der Waals surface area contributed by atoms with Gasteiger partial charge in [-0.3, -0.25) is 4.79 Å². The van der Waals surface area contributed by atoms with E-state index in [0.29, 0.717) is 0 Å². The minimum absolute atomic E-state index is 0.0824. The molecule has 0 N–H and O–H groups in total. The van der Waals surface area contributed by atoms with Crippen LogP contribution in [-0.2, 0) is 9.59 Å². The van der Waals surface area contributed by atoms with Crippen molar-refractivity contribution in [3.05, 3.63) is 53.6 Å². The second kappa shape index (κ2) is 4.47. The molecule has 0 saturated heterocycles. The van der Waals surface area contributed by atoms with Crippen molar-refractivity contribution in [2.45, 2.75) is 12.8 Å². The third-order valence-corrected chi connectivity index (χ3v) is 3.81. The number of rotatable bonds is 3. The van der Waals surface area contributed by atoms with Gasteiger partial charge in [-0.15, -0.1) is 0 Å². The molecule has 2 atom stereocenters. The molecule has 0 heterocycles. The number of hydrogen-bond donors (Lipinski definition) is 0. The molecular weight excluding hydrogens is 236 g/mol. The van der Waals surface area contributed by atoms with E-state index < -0.39 is 5.92 Å². The Bertz CT molecular complexity index is 692. The van der Waals surface area contributed by atoms with Gasteiger partial charge in [-0.1, -0.05) is 48.6 Å². The van der Waals surface area contributed by atoms with Crippen LogP contribution in [0.15, 0.2) is 42.5 Å². The van der Waals surface area contributed by atoms with Crippen LogP contribution in [0.2, 0.25) is 0 Å². The number of hydrogen-bond acceptors (Lipinski definition) is 2. The average Bonchev–Trinajstić information content (AvgIpc) is 2.42. The summed E-state index contributed by atoms with van der Waals surface area (Å²) in [4.78, 5) is 22.9. The summed E-state index contributed by atoms with van der Waals surface area (Å²) in [6.45, 7) is 1.48. The highest BCUT2D eigenvalue weighted by molar-refractivity contribution is 5.99. The maximum atomic E-state index is 11.6. The van der Waals surface area contributed by atoms with Crippen LogP contribution in [-0.4, -0.2) is 12.1 Å². The van der Waals surface area contributed by atoms with E-state index in [2.05, 4.69) is 18.2 Å². The molecule has 0 spiro atoms. The molecule has 94 valence electrons. The van der Waals surface area contributed by atoms with Gasteiger partial charge in [0.15, 0.2) is 0 Å². The van der Waals surface area contributed by atoms with Gasteiger partial charge in [0.2, 0.25) is 0 Å². The Morgan fingerprint density at radius 1 is 1.21 bits per heavy atom. The minimum atomic E-state index is -0.588. The van der Waals surface area contributed by atoms with E-state index in [9.17, 15) is 9.59 Å². The third-order valence-electron chi connectivity index (χ3n) is 3.81. The highest BCUT2D eigenvalue weighted by Crippen LogP contribution is 2.38. The van der Waals surface area contributed by atoms with E-state index in [1.807, 2.05) is 30.4 Å². The minimum Gasteiger partial charge on any atom is -0.303 e. The van der Waals surface area contributed by atoms with Gasteiger partial charge in [0.1, 0.15) is 12.1 Å². The van der Waals surface area contributed by atoms with E-state index in [-0.39, 0.29) is 11.7 Å². The highest BCUT2D eigenvalue weighted by Gasteiger charge is 2.28. The summed E-state index contributed by atoms with van der Waals surface area (Å²) in [6, 6.07) is 12.2. The molecule has 2 aromatic carbocycles. The van der Waals surface area contributed by atoms with Gasteiger partial charge in [0.25, 0.3) is 0 Å². The predicted molar refractivity (Wildman–Crippen MR) is 76.0 cm³/mol. The Morgan fingerprint density at radius 3 is 2.63 bits per heavy atom. The molecular formula is C17H14O2. The molecule has 0 aromatic heterocycles. The van der Waals surface area contributed by atoms with Crippen molar-refractivity contribution >= 4 is 28.9 Å². The molecule has 3 rings (SSSR count). The molecule has 0 saturated carbocycles. The summed E-state index contributed by atoms with van der Waals surface area (Å²) >= 11 is 0. The fourth-order valence-corrected chi connectivity index (χ4v) is 2.87. The Morgan fingerprint density at radius 2 is 1.95 bits per heavy atom. The summed E-state index contributed by atoms with van der Waals surface area (Å²) in [7, 11) is 0. The van der Waals surface area contributed by atoms with Crippen LogP contribution in [0.3, 0.4) is 0 Å². The van der Waals surface area contributed by atoms with Gasteiger partial charge >= 0.3 is 0 Å². The lowest BCUT2D eigenvalue weighted by Gasteiger charge is -2.24. The number of Topliss-reactive ketones (excluding diaryl/α,β-unsaturated/α-hetero) is 1. The molecule has 0 aliphatic heterocycles. The number of aldehydes is 1. The van der Waals surface area contributed by atoms with Crippen molar-refractivity contribution in [1.29, 1.82) is 0 Å². The van der Waals surface area contributed by atoms with Crippen LogP contribution in [0.5, 0.6) is 0 Å². The molecule has 0 bridgehead atoms. The monoisotopic (exact) mass is 250 g/mol. The summed E-state index contributed by atoms with van der Waals surface area (Å²) in [5.41, 5.74) is 2.22. The van der Waals surface area contributed by atoms with Crippen molar-refractivity contribution in [3.63, 3.8) is 0 Å². The SMILES string of the molecule is CC(=O)C(C=O)C1C=Cc2cccc3cccc1c23. The van der Waals surface area contributed by atoms with Crippen LogP contribution in [0.4, 0.5) is 0 Å². The van der Waals surface area contributed by atoms with Crippen LogP contribution in [0.1, 0.15) is 24.0 Å². The average molecular weight is 250 g/mol. The Kier molecular flexibility index (Phi) is 2.79. The Balaban J connectivity index is 2.24. The van der Waals surface area contributed by atoms with Crippen molar-refractivity contribution in [2.75, 3.05) is 0 Å². The number of allylic oxidation sites excluding steroid dienone is 1. The zero-order chi connectivity index (χ0) is 13.4. The molecule has 2 unspecified atom stereocenters. The van der Waals surface area contributed by atoms with Gasteiger partial charge in [-0.2, -0.15) is 0 Å². The largest absolute Gasteiger partial charge is 0.303 e. The first-order valence-electron chi connectivity index (χ1n) is 6.38. The molecule has 2 nitrogen and oxygen atoms in total. The van der Waals surface area contributed by atoms with Crippen molar-refractivity contribution in [1.82, 2.24) is 0 Å². The molecule has 0 radical (unpaired) electrons. The lowest BCUT2D eigenvalue weighted by Crippen LogP contribution is -2.21. The fraction of sp³-hybridized carbons (Fsp3) is 0.176. The molecule has 1 aliphatic rings. The van der Waals surface area contributed by atoms with Crippen LogP contribution in [0.25, 0.3) is 16.8 Å². The van der Waals surface area contributed by atoms with Gasteiger partial charge in [-0.25, -0.2) is 0 Å².